The molecule has 1 aromatic rings. The summed E-state index contributed by atoms with van der Waals surface area (Å²) in [6, 6.07) is 5.30. The van der Waals surface area contributed by atoms with Crippen molar-refractivity contribution in [1.82, 2.24) is 0 Å². The Balaban J connectivity index is 1.80. The maximum atomic E-state index is 12.9. The van der Waals surface area contributed by atoms with Gasteiger partial charge in [-0.15, -0.1) is 0 Å². The zero-order valence-corrected chi connectivity index (χ0v) is 13.4. The van der Waals surface area contributed by atoms with Crippen LogP contribution in [0, 0.1) is 11.8 Å². The molecule has 5 heteroatoms. The van der Waals surface area contributed by atoms with E-state index in [-0.39, 0.29) is 0 Å². The average molecular weight is 334 g/mol. The molecule has 0 unspecified atom stereocenters. The fraction of sp³-hybridized carbons (Fsp3) is 0.421. The third-order valence-electron chi connectivity index (χ3n) is 4.93. The minimum Gasteiger partial charge on any atom is -0.330 e. The van der Waals surface area contributed by atoms with Gasteiger partial charge in [-0.2, -0.15) is 13.2 Å². The maximum Gasteiger partial charge on any atom is 0.416 e. The standard InChI is InChI=1S/C19H21F3N2/c1-12-9-17(15-3-2-4-16(10-15)19(20,21)22)24-18(12)14-7-5-13(11-23)6-8-14/h2-4,9-10,13-14H,1,5-8,11,23H2. The maximum absolute atomic E-state index is 12.9. The van der Waals surface area contributed by atoms with Crippen molar-refractivity contribution < 1.29 is 13.2 Å². The van der Waals surface area contributed by atoms with E-state index in [2.05, 4.69) is 11.6 Å². The number of hydrogen-bond donors (Lipinski definition) is 1. The Kier molecular flexibility index (Phi) is 4.63. The fourth-order valence-corrected chi connectivity index (χ4v) is 3.50. The van der Waals surface area contributed by atoms with E-state index in [0.717, 1.165) is 49.1 Å². The Labute approximate surface area is 140 Å². The van der Waals surface area contributed by atoms with Gasteiger partial charge >= 0.3 is 6.18 Å². The van der Waals surface area contributed by atoms with E-state index in [1.54, 1.807) is 12.1 Å². The first-order valence-corrected chi connectivity index (χ1v) is 8.25. The predicted molar refractivity (Wildman–Crippen MR) is 90.5 cm³/mol. The van der Waals surface area contributed by atoms with Crippen LogP contribution in [0.4, 0.5) is 13.2 Å². The molecule has 0 spiro atoms. The van der Waals surface area contributed by atoms with E-state index < -0.39 is 11.7 Å². The van der Waals surface area contributed by atoms with Crippen LogP contribution in [-0.2, 0) is 6.18 Å². The molecule has 2 N–H and O–H groups in total. The first kappa shape index (κ1) is 17.0. The molecule has 1 fully saturated rings. The summed E-state index contributed by atoms with van der Waals surface area (Å²) in [5, 5.41) is 0. The average Bonchev–Trinajstić information content (AvgIpc) is 2.96. The third kappa shape index (κ3) is 3.46. The second-order valence-corrected chi connectivity index (χ2v) is 6.58. The van der Waals surface area contributed by atoms with Gasteiger partial charge in [0.15, 0.2) is 0 Å². The lowest BCUT2D eigenvalue weighted by atomic mass is 9.78. The van der Waals surface area contributed by atoms with E-state index in [1.807, 2.05) is 0 Å². The molecule has 0 amide bonds. The predicted octanol–water partition coefficient (Wildman–Crippen LogP) is 4.82. The molecule has 0 aromatic heterocycles. The van der Waals surface area contributed by atoms with Gasteiger partial charge < -0.3 is 5.73 Å². The Morgan fingerprint density at radius 3 is 2.50 bits per heavy atom. The van der Waals surface area contributed by atoms with Gasteiger partial charge in [-0.25, -0.2) is 0 Å². The van der Waals surface area contributed by atoms with Crippen molar-refractivity contribution >= 4 is 11.4 Å². The lowest BCUT2D eigenvalue weighted by Gasteiger charge is -2.28. The smallest absolute Gasteiger partial charge is 0.330 e. The lowest BCUT2D eigenvalue weighted by Crippen LogP contribution is -2.25. The van der Waals surface area contributed by atoms with Gasteiger partial charge in [0.2, 0.25) is 0 Å². The van der Waals surface area contributed by atoms with Gasteiger partial charge in [0.05, 0.1) is 17.0 Å². The highest BCUT2D eigenvalue weighted by atomic mass is 19.4. The quantitative estimate of drug-likeness (QED) is 0.845. The minimum absolute atomic E-state index is 0.333. The highest BCUT2D eigenvalue weighted by Gasteiger charge is 2.31. The van der Waals surface area contributed by atoms with Crippen molar-refractivity contribution in [3.63, 3.8) is 0 Å². The molecule has 0 radical (unpaired) electrons. The summed E-state index contributed by atoms with van der Waals surface area (Å²) in [4.78, 5) is 4.62. The van der Waals surface area contributed by atoms with Crippen LogP contribution in [-0.4, -0.2) is 12.3 Å². The van der Waals surface area contributed by atoms with Crippen molar-refractivity contribution in [2.75, 3.05) is 6.54 Å². The molecule has 128 valence electrons. The molecular formula is C19H21F3N2. The number of benzene rings is 1. The topological polar surface area (TPSA) is 38.4 Å². The van der Waals surface area contributed by atoms with Gasteiger partial charge in [-0.1, -0.05) is 18.7 Å². The Morgan fingerprint density at radius 1 is 1.17 bits per heavy atom. The van der Waals surface area contributed by atoms with Gasteiger partial charge in [0, 0.05) is 11.5 Å². The monoisotopic (exact) mass is 334 g/mol. The van der Waals surface area contributed by atoms with Gasteiger partial charge in [0.1, 0.15) is 0 Å². The molecule has 1 aliphatic heterocycles. The second kappa shape index (κ2) is 6.55. The minimum atomic E-state index is -4.35. The highest BCUT2D eigenvalue weighted by molar-refractivity contribution is 6.11. The number of allylic oxidation sites excluding steroid dienone is 2. The van der Waals surface area contributed by atoms with Crippen LogP contribution in [0.15, 0.2) is 47.5 Å². The van der Waals surface area contributed by atoms with Crippen molar-refractivity contribution in [2.45, 2.75) is 31.9 Å². The SMILES string of the molecule is C=C1C=C(c2cccc(C(F)(F)F)c2)N=C1C1CCC(CN)CC1. The molecule has 1 aromatic carbocycles. The molecule has 24 heavy (non-hydrogen) atoms. The van der Waals surface area contributed by atoms with Gasteiger partial charge in [-0.05, 0) is 61.9 Å². The number of rotatable bonds is 3. The first-order valence-electron chi connectivity index (χ1n) is 8.25. The molecular weight excluding hydrogens is 313 g/mol. The van der Waals surface area contributed by atoms with Crippen LogP contribution in [0.5, 0.6) is 0 Å². The first-order chi connectivity index (χ1) is 11.4. The van der Waals surface area contributed by atoms with E-state index >= 15 is 0 Å². The lowest BCUT2D eigenvalue weighted by molar-refractivity contribution is -0.137. The highest BCUT2D eigenvalue weighted by Crippen LogP contribution is 2.37. The van der Waals surface area contributed by atoms with Crippen LogP contribution < -0.4 is 5.73 Å². The Hall–Kier alpha value is -1.88. The summed E-state index contributed by atoms with van der Waals surface area (Å²) >= 11 is 0. The summed E-state index contributed by atoms with van der Waals surface area (Å²) in [6.45, 7) is 4.76. The fourth-order valence-electron chi connectivity index (χ4n) is 3.50. The molecule has 3 rings (SSSR count). The van der Waals surface area contributed by atoms with Gasteiger partial charge in [0.25, 0.3) is 0 Å². The van der Waals surface area contributed by atoms with Crippen molar-refractivity contribution in [3.8, 4) is 0 Å². The number of alkyl halides is 3. The third-order valence-corrected chi connectivity index (χ3v) is 4.93. The summed E-state index contributed by atoms with van der Waals surface area (Å²) in [5.74, 6) is 0.910. The molecule has 2 nitrogen and oxygen atoms in total. The Morgan fingerprint density at radius 2 is 1.88 bits per heavy atom. The molecule has 1 aliphatic carbocycles. The van der Waals surface area contributed by atoms with Crippen molar-refractivity contribution in [3.05, 3.63) is 53.6 Å². The van der Waals surface area contributed by atoms with Crippen LogP contribution >= 0.6 is 0 Å². The summed E-state index contributed by atoms with van der Waals surface area (Å²) in [7, 11) is 0. The van der Waals surface area contributed by atoms with Crippen molar-refractivity contribution in [1.29, 1.82) is 0 Å². The van der Waals surface area contributed by atoms with Gasteiger partial charge in [-0.3, -0.25) is 4.99 Å². The van der Waals surface area contributed by atoms with E-state index in [1.165, 1.54) is 6.07 Å². The number of nitrogens with two attached hydrogens (primary N) is 1. The summed E-state index contributed by atoms with van der Waals surface area (Å²) in [6.07, 6.45) is 1.63. The molecule has 0 atom stereocenters. The molecule has 0 bridgehead atoms. The van der Waals surface area contributed by atoms with Crippen LogP contribution in [0.1, 0.15) is 36.8 Å². The molecule has 1 heterocycles. The van der Waals surface area contributed by atoms with E-state index in [0.29, 0.717) is 29.6 Å². The molecule has 2 aliphatic rings. The molecule has 0 saturated heterocycles. The Bertz CT molecular complexity index is 693. The number of hydrogen-bond acceptors (Lipinski definition) is 2. The van der Waals surface area contributed by atoms with E-state index in [4.69, 9.17) is 5.73 Å². The number of halogens is 3. The number of nitrogens with zero attached hydrogens (tertiary/aromatic N) is 1. The van der Waals surface area contributed by atoms with Crippen LogP contribution in [0.25, 0.3) is 5.70 Å². The normalized spacial score (nSPS) is 24.8. The van der Waals surface area contributed by atoms with Crippen molar-refractivity contribution in [2.24, 2.45) is 22.6 Å². The summed E-state index contributed by atoms with van der Waals surface area (Å²) < 4.78 is 38.7. The second-order valence-electron chi connectivity index (χ2n) is 6.58. The van der Waals surface area contributed by atoms with E-state index in [9.17, 15) is 13.2 Å². The van der Waals surface area contributed by atoms with Crippen LogP contribution in [0.2, 0.25) is 0 Å². The van der Waals surface area contributed by atoms with Crippen LogP contribution in [0.3, 0.4) is 0 Å². The molecule has 1 saturated carbocycles. The zero-order chi connectivity index (χ0) is 17.3. The zero-order valence-electron chi connectivity index (χ0n) is 13.4. The number of aliphatic imine (C=N–C) groups is 1. The summed E-state index contributed by atoms with van der Waals surface area (Å²) in [5.41, 5.74) is 7.87. The largest absolute Gasteiger partial charge is 0.416 e.